The van der Waals surface area contributed by atoms with Crippen molar-refractivity contribution in [3.63, 3.8) is 0 Å². The topological polar surface area (TPSA) is 81.7 Å². The SMILES string of the molecule is COc1ccc(S(=O)(=O)Cl)cc1CCNC(=O)OCC1c2ccccc2-c2ccccc21. The third-order valence-electron chi connectivity index (χ3n) is 5.54. The molecule has 3 aromatic rings. The van der Waals surface area contributed by atoms with E-state index in [1.165, 1.54) is 36.4 Å². The number of hydrogen-bond acceptors (Lipinski definition) is 5. The second-order valence-electron chi connectivity index (χ2n) is 7.41. The van der Waals surface area contributed by atoms with Crippen molar-refractivity contribution < 1.29 is 22.7 Å². The molecule has 0 aliphatic heterocycles. The minimum atomic E-state index is -3.85. The number of halogens is 1. The number of hydrogen-bond donors (Lipinski definition) is 1. The summed E-state index contributed by atoms with van der Waals surface area (Å²) in [6.07, 6.45) is -0.180. The van der Waals surface area contributed by atoms with Crippen molar-refractivity contribution in [3.05, 3.63) is 83.4 Å². The highest BCUT2D eigenvalue weighted by atomic mass is 35.7. The standard InChI is InChI=1S/C24H22ClNO5S/c1-30-23-11-10-17(32(25,28)29)14-16(23)12-13-26-24(27)31-15-22-20-8-4-2-6-18(20)19-7-3-5-9-21(19)22/h2-11,14,22H,12-13,15H2,1H3,(H,26,27). The largest absolute Gasteiger partial charge is 0.496 e. The molecule has 6 nitrogen and oxygen atoms in total. The van der Waals surface area contributed by atoms with Crippen LogP contribution >= 0.6 is 10.7 Å². The van der Waals surface area contributed by atoms with E-state index in [0.717, 1.165) is 11.1 Å². The molecule has 3 aromatic carbocycles. The Bertz CT molecular complexity index is 1210. The molecule has 4 rings (SSSR count). The van der Waals surface area contributed by atoms with E-state index >= 15 is 0 Å². The summed E-state index contributed by atoms with van der Waals surface area (Å²) < 4.78 is 34.0. The molecule has 0 radical (unpaired) electrons. The van der Waals surface area contributed by atoms with Crippen LogP contribution in [0.3, 0.4) is 0 Å². The lowest BCUT2D eigenvalue weighted by Crippen LogP contribution is -2.28. The van der Waals surface area contributed by atoms with Gasteiger partial charge in [-0.25, -0.2) is 13.2 Å². The Labute approximate surface area is 191 Å². The Balaban J connectivity index is 1.37. The molecular weight excluding hydrogens is 450 g/mol. The number of carbonyl (C=O) groups is 1. The van der Waals surface area contributed by atoms with Gasteiger partial charge < -0.3 is 14.8 Å². The molecule has 0 aromatic heterocycles. The molecule has 0 bridgehead atoms. The Hall–Kier alpha value is -3.03. The van der Waals surface area contributed by atoms with Crippen LogP contribution in [-0.4, -0.2) is 34.8 Å². The molecule has 0 saturated heterocycles. The number of methoxy groups -OCH3 is 1. The molecule has 0 unspecified atom stereocenters. The minimum absolute atomic E-state index is 0.0150. The van der Waals surface area contributed by atoms with E-state index < -0.39 is 15.1 Å². The molecular formula is C24H22ClNO5S. The third kappa shape index (κ3) is 4.59. The van der Waals surface area contributed by atoms with Crippen LogP contribution in [0.1, 0.15) is 22.6 Å². The lowest BCUT2D eigenvalue weighted by Gasteiger charge is -2.15. The molecule has 1 amide bonds. The predicted octanol–water partition coefficient (Wildman–Crippen LogP) is 4.70. The van der Waals surface area contributed by atoms with Crippen LogP contribution in [0.15, 0.2) is 71.6 Å². The maximum absolute atomic E-state index is 12.3. The minimum Gasteiger partial charge on any atom is -0.496 e. The zero-order chi connectivity index (χ0) is 22.7. The summed E-state index contributed by atoms with van der Waals surface area (Å²) in [5.74, 6) is 0.502. The molecule has 1 aliphatic carbocycles. The quantitative estimate of drug-likeness (QED) is 0.505. The lowest BCUT2D eigenvalue weighted by atomic mass is 9.98. The van der Waals surface area contributed by atoms with Gasteiger partial charge in [-0.05, 0) is 52.4 Å². The monoisotopic (exact) mass is 471 g/mol. The summed E-state index contributed by atoms with van der Waals surface area (Å²) in [6.45, 7) is 0.474. The molecule has 0 heterocycles. The average Bonchev–Trinajstić information content (AvgIpc) is 3.11. The van der Waals surface area contributed by atoms with Crippen LogP contribution in [0.5, 0.6) is 5.75 Å². The van der Waals surface area contributed by atoms with E-state index in [2.05, 4.69) is 29.6 Å². The van der Waals surface area contributed by atoms with Crippen LogP contribution in [0.4, 0.5) is 4.79 Å². The maximum atomic E-state index is 12.3. The first-order chi connectivity index (χ1) is 15.4. The highest BCUT2D eigenvalue weighted by Gasteiger charge is 2.28. The van der Waals surface area contributed by atoms with Crippen molar-refractivity contribution in [1.29, 1.82) is 0 Å². The molecule has 0 spiro atoms. The molecule has 32 heavy (non-hydrogen) atoms. The summed E-state index contributed by atoms with van der Waals surface area (Å²) in [4.78, 5) is 12.3. The number of fused-ring (bicyclic) bond motifs is 3. The van der Waals surface area contributed by atoms with E-state index in [1.54, 1.807) is 0 Å². The Morgan fingerprint density at radius 3 is 2.22 bits per heavy atom. The summed E-state index contributed by atoms with van der Waals surface area (Å²) >= 11 is 0. The number of carbonyl (C=O) groups excluding carboxylic acids is 1. The van der Waals surface area contributed by atoms with Gasteiger partial charge in [-0.2, -0.15) is 0 Å². The fraction of sp³-hybridized carbons (Fsp3) is 0.208. The van der Waals surface area contributed by atoms with Gasteiger partial charge in [0, 0.05) is 23.1 Å². The zero-order valence-electron chi connectivity index (χ0n) is 17.4. The van der Waals surface area contributed by atoms with Gasteiger partial charge in [0.1, 0.15) is 12.4 Å². The molecule has 0 fully saturated rings. The highest BCUT2D eigenvalue weighted by molar-refractivity contribution is 8.13. The highest BCUT2D eigenvalue weighted by Crippen LogP contribution is 2.44. The second kappa shape index (κ2) is 9.22. The van der Waals surface area contributed by atoms with Gasteiger partial charge in [0.05, 0.1) is 12.0 Å². The van der Waals surface area contributed by atoms with Gasteiger partial charge in [-0.1, -0.05) is 48.5 Å². The van der Waals surface area contributed by atoms with Crippen LogP contribution in [0.25, 0.3) is 11.1 Å². The average molecular weight is 472 g/mol. The number of alkyl carbamates (subject to hydrolysis) is 1. The first kappa shape index (κ1) is 22.2. The van der Waals surface area contributed by atoms with Gasteiger partial charge in [0.25, 0.3) is 9.05 Å². The fourth-order valence-electron chi connectivity index (χ4n) is 4.05. The van der Waals surface area contributed by atoms with E-state index in [1.807, 2.05) is 24.3 Å². The summed E-state index contributed by atoms with van der Waals surface area (Å²) in [5, 5.41) is 2.71. The van der Waals surface area contributed by atoms with E-state index in [0.29, 0.717) is 17.7 Å². The molecule has 1 aliphatic rings. The summed E-state index contributed by atoms with van der Waals surface area (Å²) in [7, 11) is 3.07. The molecule has 0 atom stereocenters. The zero-order valence-corrected chi connectivity index (χ0v) is 18.9. The predicted molar refractivity (Wildman–Crippen MR) is 123 cm³/mol. The first-order valence-corrected chi connectivity index (χ1v) is 12.4. The number of benzene rings is 3. The summed E-state index contributed by atoms with van der Waals surface area (Å²) in [5.41, 5.74) is 5.24. The maximum Gasteiger partial charge on any atom is 0.407 e. The molecule has 8 heteroatoms. The number of amides is 1. The van der Waals surface area contributed by atoms with Crippen LogP contribution < -0.4 is 10.1 Å². The van der Waals surface area contributed by atoms with Crippen molar-refractivity contribution in [2.45, 2.75) is 17.2 Å². The number of rotatable bonds is 7. The van der Waals surface area contributed by atoms with E-state index in [-0.39, 0.29) is 24.0 Å². The van der Waals surface area contributed by atoms with Gasteiger partial charge in [-0.15, -0.1) is 0 Å². The van der Waals surface area contributed by atoms with Crippen molar-refractivity contribution in [2.24, 2.45) is 0 Å². The lowest BCUT2D eigenvalue weighted by molar-refractivity contribution is 0.143. The van der Waals surface area contributed by atoms with Gasteiger partial charge >= 0.3 is 6.09 Å². The van der Waals surface area contributed by atoms with Crippen LogP contribution in [0, 0.1) is 0 Å². The first-order valence-electron chi connectivity index (χ1n) is 10.1. The van der Waals surface area contributed by atoms with E-state index in [4.69, 9.17) is 20.2 Å². The van der Waals surface area contributed by atoms with Gasteiger partial charge in [0.2, 0.25) is 0 Å². The van der Waals surface area contributed by atoms with Crippen molar-refractivity contribution in [2.75, 3.05) is 20.3 Å². The van der Waals surface area contributed by atoms with E-state index in [9.17, 15) is 13.2 Å². The molecule has 1 N–H and O–H groups in total. The molecule has 0 saturated carbocycles. The Morgan fingerprint density at radius 1 is 1.00 bits per heavy atom. The normalized spacial score (nSPS) is 12.7. The Kier molecular flexibility index (Phi) is 6.39. The number of ether oxygens (including phenoxy) is 2. The Morgan fingerprint density at radius 2 is 1.62 bits per heavy atom. The fourth-order valence-corrected chi connectivity index (χ4v) is 4.85. The van der Waals surface area contributed by atoms with Crippen molar-refractivity contribution in [3.8, 4) is 16.9 Å². The van der Waals surface area contributed by atoms with Crippen LogP contribution in [0.2, 0.25) is 0 Å². The van der Waals surface area contributed by atoms with Crippen molar-refractivity contribution in [1.82, 2.24) is 5.32 Å². The van der Waals surface area contributed by atoms with Gasteiger partial charge in [0.15, 0.2) is 0 Å². The second-order valence-corrected chi connectivity index (χ2v) is 9.98. The van der Waals surface area contributed by atoms with Gasteiger partial charge in [-0.3, -0.25) is 0 Å². The molecule has 166 valence electrons. The number of nitrogens with one attached hydrogen (secondary N) is 1. The summed E-state index contributed by atoms with van der Waals surface area (Å²) in [6, 6.07) is 20.6. The third-order valence-corrected chi connectivity index (χ3v) is 6.89. The van der Waals surface area contributed by atoms with Crippen LogP contribution in [-0.2, 0) is 20.2 Å². The van der Waals surface area contributed by atoms with Crippen molar-refractivity contribution >= 4 is 25.8 Å². The smallest absolute Gasteiger partial charge is 0.407 e.